The van der Waals surface area contributed by atoms with Crippen molar-refractivity contribution in [2.24, 2.45) is 5.92 Å². The van der Waals surface area contributed by atoms with E-state index in [1.807, 2.05) is 24.3 Å². The van der Waals surface area contributed by atoms with Gasteiger partial charge in [0.15, 0.2) is 0 Å². The molecule has 1 aliphatic heterocycles. The van der Waals surface area contributed by atoms with Crippen LogP contribution in [-0.2, 0) is 9.59 Å². The molecule has 4 nitrogen and oxygen atoms in total. The van der Waals surface area contributed by atoms with Gasteiger partial charge in [-0.15, -0.1) is 0 Å². The van der Waals surface area contributed by atoms with Crippen molar-refractivity contribution < 1.29 is 9.59 Å². The highest BCUT2D eigenvalue weighted by molar-refractivity contribution is 9.10. The van der Waals surface area contributed by atoms with Crippen LogP contribution in [0.5, 0.6) is 0 Å². The summed E-state index contributed by atoms with van der Waals surface area (Å²) in [5.41, 5.74) is 0.845. The van der Waals surface area contributed by atoms with E-state index < -0.39 is 0 Å². The molecule has 18 heavy (non-hydrogen) atoms. The van der Waals surface area contributed by atoms with E-state index in [-0.39, 0.29) is 17.7 Å². The highest BCUT2D eigenvalue weighted by Gasteiger charge is 2.35. The molecule has 96 valence electrons. The van der Waals surface area contributed by atoms with Crippen LogP contribution >= 0.6 is 15.9 Å². The number of nitrogens with zero attached hydrogens (tertiary/aromatic N) is 2. The fraction of sp³-hybridized carbons (Fsp3) is 0.385. The molecule has 0 spiro atoms. The molecule has 0 N–H and O–H groups in total. The molecule has 1 saturated heterocycles. The number of hydrogen-bond acceptors (Lipinski definition) is 2. The van der Waals surface area contributed by atoms with Gasteiger partial charge in [0.05, 0.1) is 5.92 Å². The van der Waals surface area contributed by atoms with Gasteiger partial charge in [-0.1, -0.05) is 15.9 Å². The molecule has 1 aromatic rings. The van der Waals surface area contributed by atoms with Crippen LogP contribution in [0.4, 0.5) is 5.69 Å². The summed E-state index contributed by atoms with van der Waals surface area (Å²) >= 11 is 3.36. The lowest BCUT2D eigenvalue weighted by Gasteiger charge is -2.18. The number of anilines is 1. The third-order valence-electron chi connectivity index (χ3n) is 3.05. The van der Waals surface area contributed by atoms with Gasteiger partial charge in [-0.3, -0.25) is 9.59 Å². The minimum Gasteiger partial charge on any atom is -0.349 e. The summed E-state index contributed by atoms with van der Waals surface area (Å²) in [4.78, 5) is 27.0. The average molecular weight is 311 g/mol. The number of carbonyl (C=O) groups excluding carboxylic acids is 2. The van der Waals surface area contributed by atoms with Gasteiger partial charge in [0.25, 0.3) is 0 Å². The van der Waals surface area contributed by atoms with Crippen LogP contribution in [0.3, 0.4) is 0 Å². The molecule has 1 heterocycles. The third kappa shape index (κ3) is 2.56. The van der Waals surface area contributed by atoms with Crippen LogP contribution in [0.25, 0.3) is 0 Å². The van der Waals surface area contributed by atoms with Crippen LogP contribution < -0.4 is 4.90 Å². The molecule has 2 amide bonds. The fourth-order valence-corrected chi connectivity index (χ4v) is 2.37. The van der Waals surface area contributed by atoms with Crippen molar-refractivity contribution in [1.82, 2.24) is 4.90 Å². The highest BCUT2D eigenvalue weighted by Crippen LogP contribution is 2.27. The molecular weight excluding hydrogens is 296 g/mol. The van der Waals surface area contributed by atoms with Crippen molar-refractivity contribution in [3.63, 3.8) is 0 Å². The summed E-state index contributed by atoms with van der Waals surface area (Å²) in [5.74, 6) is -0.198. The predicted molar refractivity (Wildman–Crippen MR) is 73.3 cm³/mol. The van der Waals surface area contributed by atoms with Gasteiger partial charge in [-0.05, 0) is 24.3 Å². The van der Waals surface area contributed by atoms with E-state index in [0.29, 0.717) is 13.0 Å². The molecule has 0 aromatic heterocycles. The maximum absolute atomic E-state index is 11.9. The molecule has 0 radical (unpaired) electrons. The van der Waals surface area contributed by atoms with Crippen molar-refractivity contribution in [2.75, 3.05) is 25.5 Å². The molecule has 5 heteroatoms. The van der Waals surface area contributed by atoms with E-state index in [1.54, 1.807) is 23.9 Å². The minimum absolute atomic E-state index is 0.0116. The average Bonchev–Trinajstić information content (AvgIpc) is 2.71. The SMILES string of the molecule is CN(C)C(=O)[C@@H]1CC(=O)N(c2ccc(Br)cc2)C1. The zero-order chi connectivity index (χ0) is 13.3. The molecule has 0 unspecified atom stereocenters. The lowest BCUT2D eigenvalue weighted by Crippen LogP contribution is -2.32. The lowest BCUT2D eigenvalue weighted by atomic mass is 10.1. The zero-order valence-corrected chi connectivity index (χ0v) is 12.0. The van der Waals surface area contributed by atoms with Crippen molar-refractivity contribution in [3.05, 3.63) is 28.7 Å². The highest BCUT2D eigenvalue weighted by atomic mass is 79.9. The number of rotatable bonds is 2. The van der Waals surface area contributed by atoms with Gasteiger partial charge in [-0.25, -0.2) is 0 Å². The van der Waals surface area contributed by atoms with Crippen molar-refractivity contribution in [2.45, 2.75) is 6.42 Å². The first-order valence-electron chi connectivity index (χ1n) is 5.76. The Bertz CT molecular complexity index is 470. The topological polar surface area (TPSA) is 40.6 Å². The summed E-state index contributed by atoms with van der Waals surface area (Å²) in [6.07, 6.45) is 0.299. The monoisotopic (exact) mass is 310 g/mol. The molecule has 0 aliphatic carbocycles. The smallest absolute Gasteiger partial charge is 0.227 e. The van der Waals surface area contributed by atoms with Crippen molar-refractivity contribution in [3.8, 4) is 0 Å². The quantitative estimate of drug-likeness (QED) is 0.837. The van der Waals surface area contributed by atoms with E-state index in [2.05, 4.69) is 15.9 Å². The standard InChI is InChI=1S/C13H15BrN2O2/c1-15(2)13(18)9-7-12(17)16(8-9)11-5-3-10(14)4-6-11/h3-6,9H,7-8H2,1-2H3/t9-/m1/s1. The first-order valence-corrected chi connectivity index (χ1v) is 6.55. The molecule has 2 rings (SSSR count). The Morgan fingerprint density at radius 1 is 1.33 bits per heavy atom. The summed E-state index contributed by atoms with van der Waals surface area (Å²) in [6, 6.07) is 7.54. The fourth-order valence-electron chi connectivity index (χ4n) is 2.11. The molecule has 1 aliphatic rings. The van der Waals surface area contributed by atoms with Crippen molar-refractivity contribution in [1.29, 1.82) is 0 Å². The number of benzene rings is 1. The Hall–Kier alpha value is -1.36. The number of amides is 2. The van der Waals surface area contributed by atoms with E-state index in [9.17, 15) is 9.59 Å². The maximum atomic E-state index is 11.9. The van der Waals surface area contributed by atoms with Gasteiger partial charge in [0, 0.05) is 37.2 Å². The first kappa shape index (κ1) is 13.1. The van der Waals surface area contributed by atoms with E-state index in [0.717, 1.165) is 10.2 Å². The van der Waals surface area contributed by atoms with Gasteiger partial charge in [0.1, 0.15) is 0 Å². The largest absolute Gasteiger partial charge is 0.349 e. The molecule has 0 bridgehead atoms. The van der Waals surface area contributed by atoms with Crippen LogP contribution in [0.1, 0.15) is 6.42 Å². The Kier molecular flexibility index (Phi) is 3.71. The number of hydrogen-bond donors (Lipinski definition) is 0. The zero-order valence-electron chi connectivity index (χ0n) is 10.4. The van der Waals surface area contributed by atoms with Crippen LogP contribution in [0, 0.1) is 5.92 Å². The summed E-state index contributed by atoms with van der Waals surface area (Å²) < 4.78 is 0.971. The number of halogens is 1. The Labute approximate surface area is 115 Å². The summed E-state index contributed by atoms with van der Waals surface area (Å²) in [5, 5.41) is 0. The normalized spacial score (nSPS) is 19.2. The van der Waals surface area contributed by atoms with Gasteiger partial charge in [-0.2, -0.15) is 0 Å². The first-order chi connectivity index (χ1) is 8.49. The minimum atomic E-state index is -0.226. The second-order valence-electron chi connectivity index (χ2n) is 4.61. The maximum Gasteiger partial charge on any atom is 0.227 e. The molecule has 1 aromatic carbocycles. The van der Waals surface area contributed by atoms with Crippen LogP contribution in [0.15, 0.2) is 28.7 Å². The Balaban J connectivity index is 2.15. The Morgan fingerprint density at radius 2 is 1.94 bits per heavy atom. The van der Waals surface area contributed by atoms with Crippen LogP contribution in [-0.4, -0.2) is 37.4 Å². The summed E-state index contributed by atoms with van der Waals surface area (Å²) in [6.45, 7) is 0.470. The Morgan fingerprint density at radius 3 is 2.50 bits per heavy atom. The molecular formula is C13H15BrN2O2. The molecule has 1 atom stereocenters. The van der Waals surface area contributed by atoms with E-state index in [1.165, 1.54) is 0 Å². The van der Waals surface area contributed by atoms with E-state index >= 15 is 0 Å². The third-order valence-corrected chi connectivity index (χ3v) is 3.58. The second-order valence-corrected chi connectivity index (χ2v) is 5.53. The molecule has 0 saturated carbocycles. The van der Waals surface area contributed by atoms with Crippen LogP contribution in [0.2, 0.25) is 0 Å². The summed E-state index contributed by atoms with van der Waals surface area (Å²) in [7, 11) is 3.43. The van der Waals surface area contributed by atoms with Gasteiger partial charge < -0.3 is 9.80 Å². The van der Waals surface area contributed by atoms with Gasteiger partial charge >= 0.3 is 0 Å². The second kappa shape index (κ2) is 5.10. The predicted octanol–water partition coefficient (Wildman–Crippen LogP) is 1.89. The number of carbonyl (C=O) groups is 2. The molecule has 1 fully saturated rings. The van der Waals surface area contributed by atoms with Gasteiger partial charge in [0.2, 0.25) is 11.8 Å². The van der Waals surface area contributed by atoms with E-state index in [4.69, 9.17) is 0 Å². The van der Waals surface area contributed by atoms with Crippen molar-refractivity contribution >= 4 is 33.4 Å². The lowest BCUT2D eigenvalue weighted by molar-refractivity contribution is -0.133.